The standard InChI is InChI=1S/C25H26N6O3/c1-31(2)10-9-27-23(32)16-5-3-15(4-6-16)17-11-19(28-14-17)13-21-20-12-18(29-25(26)34)7-8-22(20)30-24(21)33/h3-8,11-14,28H,9-10H2,1-2H3,(H,27,32)(H,30,33)(H3,26,29,34)/b21-13-. The fraction of sp³-hybridized carbons (Fsp3) is 0.160. The minimum atomic E-state index is -0.672. The third-order valence-corrected chi connectivity index (χ3v) is 5.40. The summed E-state index contributed by atoms with van der Waals surface area (Å²) >= 11 is 0. The molecule has 0 aliphatic carbocycles. The van der Waals surface area contributed by atoms with Crippen molar-refractivity contribution in [2.24, 2.45) is 5.73 Å². The van der Waals surface area contributed by atoms with Crippen LogP contribution in [-0.4, -0.2) is 54.9 Å². The van der Waals surface area contributed by atoms with Crippen LogP contribution in [0.1, 0.15) is 21.6 Å². The van der Waals surface area contributed by atoms with E-state index in [0.717, 1.165) is 23.4 Å². The number of nitrogens with zero attached hydrogens (tertiary/aromatic N) is 1. The minimum Gasteiger partial charge on any atom is -0.361 e. The van der Waals surface area contributed by atoms with Crippen molar-refractivity contribution < 1.29 is 14.4 Å². The van der Waals surface area contributed by atoms with E-state index in [-0.39, 0.29) is 11.8 Å². The number of hydrogen-bond donors (Lipinski definition) is 5. The first-order valence-corrected chi connectivity index (χ1v) is 10.8. The van der Waals surface area contributed by atoms with Crippen molar-refractivity contribution in [1.82, 2.24) is 15.2 Å². The molecule has 1 aliphatic rings. The van der Waals surface area contributed by atoms with Gasteiger partial charge in [0.15, 0.2) is 0 Å². The van der Waals surface area contributed by atoms with E-state index >= 15 is 0 Å². The van der Waals surface area contributed by atoms with Crippen molar-refractivity contribution in [1.29, 1.82) is 0 Å². The quantitative estimate of drug-likeness (QED) is 0.348. The van der Waals surface area contributed by atoms with E-state index in [2.05, 4.69) is 20.9 Å². The zero-order valence-corrected chi connectivity index (χ0v) is 18.9. The van der Waals surface area contributed by atoms with Gasteiger partial charge in [-0.25, -0.2) is 4.79 Å². The zero-order valence-electron chi connectivity index (χ0n) is 18.9. The Morgan fingerprint density at radius 1 is 1.06 bits per heavy atom. The average Bonchev–Trinajstić information content (AvgIpc) is 3.38. The third-order valence-electron chi connectivity index (χ3n) is 5.40. The van der Waals surface area contributed by atoms with Crippen molar-refractivity contribution in [3.8, 4) is 11.1 Å². The molecule has 0 saturated heterocycles. The van der Waals surface area contributed by atoms with Gasteiger partial charge in [-0.1, -0.05) is 12.1 Å². The van der Waals surface area contributed by atoms with Gasteiger partial charge in [0, 0.05) is 47.5 Å². The highest BCUT2D eigenvalue weighted by molar-refractivity contribution is 6.35. The molecule has 0 saturated carbocycles. The Kier molecular flexibility index (Phi) is 6.46. The molecule has 1 aromatic heterocycles. The summed E-state index contributed by atoms with van der Waals surface area (Å²) in [5.74, 6) is -0.337. The number of likely N-dealkylation sites (N-methyl/N-ethyl adjacent to an activating group) is 1. The van der Waals surface area contributed by atoms with Crippen molar-refractivity contribution in [2.75, 3.05) is 37.8 Å². The molecule has 174 valence electrons. The Morgan fingerprint density at radius 3 is 2.53 bits per heavy atom. The molecule has 9 nitrogen and oxygen atoms in total. The predicted octanol–water partition coefficient (Wildman–Crippen LogP) is 2.96. The maximum absolute atomic E-state index is 12.5. The first kappa shape index (κ1) is 22.8. The lowest BCUT2D eigenvalue weighted by molar-refractivity contribution is -0.110. The van der Waals surface area contributed by atoms with Gasteiger partial charge in [0.25, 0.3) is 11.8 Å². The van der Waals surface area contributed by atoms with E-state index in [1.165, 1.54) is 0 Å². The number of aromatic nitrogens is 1. The van der Waals surface area contributed by atoms with Gasteiger partial charge in [-0.15, -0.1) is 0 Å². The van der Waals surface area contributed by atoms with Crippen molar-refractivity contribution in [2.45, 2.75) is 0 Å². The number of fused-ring (bicyclic) bond motifs is 1. The lowest BCUT2D eigenvalue weighted by atomic mass is 10.0. The molecule has 0 fully saturated rings. The molecule has 0 unspecified atom stereocenters. The molecule has 4 rings (SSSR count). The molecule has 3 aromatic rings. The first-order chi connectivity index (χ1) is 16.3. The van der Waals surface area contributed by atoms with Gasteiger partial charge >= 0.3 is 6.03 Å². The van der Waals surface area contributed by atoms with Gasteiger partial charge in [0.1, 0.15) is 0 Å². The highest BCUT2D eigenvalue weighted by Gasteiger charge is 2.24. The molecule has 9 heteroatoms. The molecular formula is C25H26N6O3. The lowest BCUT2D eigenvalue weighted by Crippen LogP contribution is -2.31. The van der Waals surface area contributed by atoms with Crippen LogP contribution in [0.5, 0.6) is 0 Å². The summed E-state index contributed by atoms with van der Waals surface area (Å²) in [4.78, 5) is 41.1. The minimum absolute atomic E-state index is 0.107. The summed E-state index contributed by atoms with van der Waals surface area (Å²) in [6.45, 7) is 1.36. The fourth-order valence-electron chi connectivity index (χ4n) is 3.68. The molecule has 0 radical (unpaired) electrons. The zero-order chi connectivity index (χ0) is 24.2. The normalized spacial score (nSPS) is 13.6. The predicted molar refractivity (Wildman–Crippen MR) is 133 cm³/mol. The average molecular weight is 459 g/mol. The molecule has 6 N–H and O–H groups in total. The Bertz CT molecular complexity index is 1270. The number of benzene rings is 2. The topological polar surface area (TPSA) is 132 Å². The Hall–Kier alpha value is -4.37. The number of nitrogens with two attached hydrogens (primary N) is 1. The number of amides is 4. The molecule has 2 aromatic carbocycles. The van der Waals surface area contributed by atoms with E-state index in [1.807, 2.05) is 43.4 Å². The van der Waals surface area contributed by atoms with Crippen LogP contribution in [0.25, 0.3) is 22.8 Å². The van der Waals surface area contributed by atoms with Crippen LogP contribution < -0.4 is 21.7 Å². The number of carbonyl (C=O) groups is 3. The van der Waals surface area contributed by atoms with E-state index in [9.17, 15) is 14.4 Å². The second-order valence-corrected chi connectivity index (χ2v) is 8.24. The lowest BCUT2D eigenvalue weighted by Gasteiger charge is -2.10. The number of H-pyrrole nitrogens is 1. The molecule has 2 heterocycles. The maximum atomic E-state index is 12.5. The van der Waals surface area contributed by atoms with Crippen LogP contribution >= 0.6 is 0 Å². The highest BCUT2D eigenvalue weighted by Crippen LogP contribution is 2.35. The smallest absolute Gasteiger partial charge is 0.316 e. The number of rotatable bonds is 7. The van der Waals surface area contributed by atoms with Gasteiger partial charge in [-0.05, 0) is 67.7 Å². The Balaban J connectivity index is 1.51. The van der Waals surface area contributed by atoms with E-state index in [4.69, 9.17) is 5.73 Å². The molecule has 0 bridgehead atoms. The number of hydrogen-bond acceptors (Lipinski definition) is 4. The second kappa shape index (κ2) is 9.63. The summed E-state index contributed by atoms with van der Waals surface area (Å²) in [5, 5.41) is 8.24. The number of aromatic amines is 1. The van der Waals surface area contributed by atoms with Crippen molar-refractivity contribution in [3.63, 3.8) is 0 Å². The number of anilines is 2. The first-order valence-electron chi connectivity index (χ1n) is 10.8. The van der Waals surface area contributed by atoms with Gasteiger partial charge in [0.05, 0.1) is 5.57 Å². The third kappa shape index (κ3) is 5.16. The SMILES string of the molecule is CN(C)CCNC(=O)c1ccc(-c2c[nH]c(/C=C3\C(=O)Nc4ccc(NC(N)=O)cc43)c2)cc1. The van der Waals surface area contributed by atoms with Crippen LogP contribution in [0.15, 0.2) is 54.7 Å². The van der Waals surface area contributed by atoms with Crippen LogP contribution in [-0.2, 0) is 4.79 Å². The summed E-state index contributed by atoms with van der Waals surface area (Å²) in [6.07, 6.45) is 3.60. The van der Waals surface area contributed by atoms with E-state index < -0.39 is 6.03 Å². The number of primary amides is 1. The second-order valence-electron chi connectivity index (χ2n) is 8.24. The van der Waals surface area contributed by atoms with Crippen molar-refractivity contribution >= 4 is 40.9 Å². The van der Waals surface area contributed by atoms with Crippen LogP contribution in [0.3, 0.4) is 0 Å². The molecule has 1 aliphatic heterocycles. The molecule has 0 atom stereocenters. The number of nitrogens with one attached hydrogen (secondary N) is 4. The van der Waals surface area contributed by atoms with E-state index in [0.29, 0.717) is 34.6 Å². The molecule has 34 heavy (non-hydrogen) atoms. The maximum Gasteiger partial charge on any atom is 0.316 e. The van der Waals surface area contributed by atoms with Gasteiger partial charge in [0.2, 0.25) is 0 Å². The van der Waals surface area contributed by atoms with Crippen molar-refractivity contribution in [3.05, 3.63) is 71.5 Å². The Morgan fingerprint density at radius 2 is 1.82 bits per heavy atom. The highest BCUT2D eigenvalue weighted by atomic mass is 16.2. The molecular weight excluding hydrogens is 432 g/mol. The number of carbonyl (C=O) groups excluding carboxylic acids is 3. The largest absolute Gasteiger partial charge is 0.361 e. The van der Waals surface area contributed by atoms with Crippen LogP contribution in [0, 0.1) is 0 Å². The van der Waals surface area contributed by atoms with Gasteiger partial charge < -0.3 is 31.6 Å². The summed E-state index contributed by atoms with van der Waals surface area (Å²) in [7, 11) is 3.91. The van der Waals surface area contributed by atoms with Gasteiger partial charge in [-0.2, -0.15) is 0 Å². The summed E-state index contributed by atoms with van der Waals surface area (Å²) in [6, 6.07) is 13.7. The fourth-order valence-corrected chi connectivity index (χ4v) is 3.68. The summed E-state index contributed by atoms with van der Waals surface area (Å²) < 4.78 is 0. The van der Waals surface area contributed by atoms with E-state index in [1.54, 1.807) is 36.4 Å². The monoisotopic (exact) mass is 458 g/mol. The number of urea groups is 1. The van der Waals surface area contributed by atoms with Crippen LogP contribution in [0.2, 0.25) is 0 Å². The molecule has 4 amide bonds. The molecule has 0 spiro atoms. The van der Waals surface area contributed by atoms with Gasteiger partial charge in [-0.3, -0.25) is 9.59 Å². The van der Waals surface area contributed by atoms with Crippen LogP contribution in [0.4, 0.5) is 16.2 Å². The summed E-state index contributed by atoms with van der Waals surface area (Å²) in [5.41, 5.74) is 10.7. The Labute approximate surface area is 197 Å².